The molecule has 0 atom stereocenters. The molecule has 1 heterocycles. The molecule has 156 valence electrons. The first-order valence-corrected chi connectivity index (χ1v) is 11.7. The Morgan fingerprint density at radius 3 is 2.47 bits per heavy atom. The van der Waals surface area contributed by atoms with Crippen molar-refractivity contribution in [2.45, 2.75) is 31.0 Å². The Balaban J connectivity index is 1.48. The van der Waals surface area contributed by atoms with Gasteiger partial charge in [0.2, 0.25) is 5.91 Å². The number of thiazole rings is 1. The minimum absolute atomic E-state index is 0.0147. The summed E-state index contributed by atoms with van der Waals surface area (Å²) < 4.78 is 0. The molecule has 0 radical (unpaired) electrons. The van der Waals surface area contributed by atoms with Crippen LogP contribution in [0.2, 0.25) is 0 Å². The van der Waals surface area contributed by atoms with E-state index < -0.39 is 0 Å². The highest BCUT2D eigenvalue weighted by Crippen LogP contribution is 2.23. The van der Waals surface area contributed by atoms with Crippen LogP contribution < -0.4 is 5.32 Å². The second-order valence-electron chi connectivity index (χ2n) is 6.75. The molecule has 5 nitrogen and oxygen atoms in total. The van der Waals surface area contributed by atoms with E-state index >= 15 is 0 Å². The molecule has 7 heteroatoms. The highest BCUT2D eigenvalue weighted by Gasteiger charge is 2.14. The zero-order chi connectivity index (χ0) is 21.3. The van der Waals surface area contributed by atoms with Gasteiger partial charge in [0.1, 0.15) is 0 Å². The van der Waals surface area contributed by atoms with Gasteiger partial charge in [-0.3, -0.25) is 9.59 Å². The third-order valence-corrected chi connectivity index (χ3v) is 6.39. The van der Waals surface area contributed by atoms with E-state index in [0.29, 0.717) is 18.7 Å². The van der Waals surface area contributed by atoms with Crippen LogP contribution in [-0.4, -0.2) is 34.8 Å². The average Bonchev–Trinajstić information content (AvgIpc) is 3.20. The molecule has 30 heavy (non-hydrogen) atoms. The summed E-state index contributed by atoms with van der Waals surface area (Å²) in [4.78, 5) is 32.2. The van der Waals surface area contributed by atoms with Gasteiger partial charge in [0.05, 0.1) is 17.2 Å². The molecule has 0 bridgehead atoms. The van der Waals surface area contributed by atoms with Crippen LogP contribution in [0, 0.1) is 6.92 Å². The largest absolute Gasteiger partial charge is 0.343 e. The smallest absolute Gasteiger partial charge is 0.251 e. The first-order valence-electron chi connectivity index (χ1n) is 9.79. The number of carbonyl (C=O) groups excluding carboxylic acids is 2. The number of nitrogens with one attached hydrogen (secondary N) is 1. The molecule has 2 amide bonds. The quantitative estimate of drug-likeness (QED) is 0.498. The molecule has 1 N–H and O–H groups in total. The Labute approximate surface area is 185 Å². The van der Waals surface area contributed by atoms with E-state index in [-0.39, 0.29) is 18.4 Å². The number of amides is 2. The highest BCUT2D eigenvalue weighted by molar-refractivity contribution is 7.98. The number of hydrogen-bond donors (Lipinski definition) is 1. The van der Waals surface area contributed by atoms with E-state index in [1.165, 1.54) is 0 Å². The van der Waals surface area contributed by atoms with E-state index in [2.05, 4.69) is 15.7 Å². The van der Waals surface area contributed by atoms with Gasteiger partial charge in [-0.2, -0.15) is 0 Å². The highest BCUT2D eigenvalue weighted by atomic mass is 32.2. The van der Waals surface area contributed by atoms with Crippen LogP contribution >= 0.6 is 23.1 Å². The number of hydrogen-bond acceptors (Lipinski definition) is 5. The van der Waals surface area contributed by atoms with Crippen LogP contribution in [-0.2, 0) is 17.1 Å². The maximum absolute atomic E-state index is 12.5. The van der Waals surface area contributed by atoms with E-state index in [9.17, 15) is 9.59 Å². The van der Waals surface area contributed by atoms with Gasteiger partial charge in [-0.05, 0) is 43.7 Å². The van der Waals surface area contributed by atoms with Crippen LogP contribution in [0.3, 0.4) is 0 Å². The molecule has 0 aliphatic rings. The lowest BCUT2D eigenvalue weighted by atomic mass is 10.2. The third kappa shape index (κ3) is 6.43. The molecule has 0 saturated heterocycles. The zero-order valence-corrected chi connectivity index (χ0v) is 18.8. The fourth-order valence-electron chi connectivity index (χ4n) is 2.88. The predicted octanol–water partition coefficient (Wildman–Crippen LogP) is 4.52. The van der Waals surface area contributed by atoms with Crippen molar-refractivity contribution in [3.05, 3.63) is 81.8 Å². The Morgan fingerprint density at radius 1 is 1.10 bits per heavy atom. The summed E-state index contributed by atoms with van der Waals surface area (Å²) in [5.41, 5.74) is 2.68. The second-order valence-corrected chi connectivity index (χ2v) is 8.86. The van der Waals surface area contributed by atoms with Gasteiger partial charge < -0.3 is 10.2 Å². The molecule has 1 aromatic heterocycles. The van der Waals surface area contributed by atoms with Gasteiger partial charge in [0.15, 0.2) is 0 Å². The average molecular weight is 440 g/mol. The molecule has 3 rings (SSSR count). The van der Waals surface area contributed by atoms with Crippen molar-refractivity contribution in [1.29, 1.82) is 0 Å². The van der Waals surface area contributed by atoms with Crippen molar-refractivity contribution in [2.75, 3.05) is 13.1 Å². The first-order chi connectivity index (χ1) is 14.5. The second kappa shape index (κ2) is 10.9. The van der Waals surface area contributed by atoms with Gasteiger partial charge in [0.25, 0.3) is 5.91 Å². The molecule has 0 aliphatic heterocycles. The fraction of sp³-hybridized carbons (Fsp3) is 0.261. The normalized spacial score (nSPS) is 10.6. The summed E-state index contributed by atoms with van der Waals surface area (Å²) in [6.45, 7) is 5.05. The minimum Gasteiger partial charge on any atom is -0.343 e. The molecule has 0 fully saturated rings. The van der Waals surface area contributed by atoms with Crippen LogP contribution in [0.1, 0.15) is 33.5 Å². The SMILES string of the molecule is CCN(Cc1ccccc1)C(=O)CNC(=O)c1ccc(SCc2csc(C)n2)cc1. The molecule has 2 aromatic carbocycles. The molecule has 0 unspecified atom stereocenters. The third-order valence-electron chi connectivity index (χ3n) is 4.52. The molecule has 0 saturated carbocycles. The molecule has 0 spiro atoms. The predicted molar refractivity (Wildman–Crippen MR) is 123 cm³/mol. The van der Waals surface area contributed by atoms with Gasteiger partial charge in [-0.15, -0.1) is 23.1 Å². The van der Waals surface area contributed by atoms with E-state index in [1.807, 2.05) is 56.3 Å². The van der Waals surface area contributed by atoms with Crippen LogP contribution in [0.4, 0.5) is 0 Å². The van der Waals surface area contributed by atoms with Crippen LogP contribution in [0.15, 0.2) is 64.9 Å². The van der Waals surface area contributed by atoms with Crippen molar-refractivity contribution in [2.24, 2.45) is 0 Å². The monoisotopic (exact) mass is 439 g/mol. The van der Waals surface area contributed by atoms with Crippen molar-refractivity contribution >= 4 is 34.9 Å². The summed E-state index contributed by atoms with van der Waals surface area (Å²) in [6, 6.07) is 17.3. The number of nitrogens with zero attached hydrogens (tertiary/aromatic N) is 2. The lowest BCUT2D eigenvalue weighted by Gasteiger charge is -2.21. The van der Waals surface area contributed by atoms with Crippen molar-refractivity contribution < 1.29 is 9.59 Å². The lowest BCUT2D eigenvalue weighted by molar-refractivity contribution is -0.130. The maximum atomic E-state index is 12.5. The van der Waals surface area contributed by atoms with E-state index in [1.54, 1.807) is 40.1 Å². The number of thioether (sulfide) groups is 1. The van der Waals surface area contributed by atoms with E-state index in [4.69, 9.17) is 0 Å². The van der Waals surface area contributed by atoms with Gasteiger partial charge >= 0.3 is 0 Å². The Hall–Kier alpha value is -2.64. The number of carbonyl (C=O) groups is 2. The zero-order valence-electron chi connectivity index (χ0n) is 17.1. The Kier molecular flexibility index (Phi) is 8.04. The standard InChI is InChI=1S/C23H25N3O2S2/c1-3-26(14-18-7-5-4-6-8-18)22(27)13-24-23(28)19-9-11-21(12-10-19)30-16-20-15-29-17(2)25-20/h4-12,15H,3,13-14,16H2,1-2H3,(H,24,28). The Morgan fingerprint density at radius 2 is 1.83 bits per heavy atom. The number of likely N-dealkylation sites (N-methyl/N-ethyl adjacent to an activating group) is 1. The van der Waals surface area contributed by atoms with Crippen molar-refractivity contribution in [3.8, 4) is 0 Å². The molecule has 0 aliphatic carbocycles. The molecular formula is C23H25N3O2S2. The summed E-state index contributed by atoms with van der Waals surface area (Å²) in [7, 11) is 0. The molecule has 3 aromatic rings. The van der Waals surface area contributed by atoms with Crippen LogP contribution in [0.5, 0.6) is 0 Å². The Bertz CT molecular complexity index is 972. The number of aryl methyl sites for hydroxylation is 1. The maximum Gasteiger partial charge on any atom is 0.251 e. The van der Waals surface area contributed by atoms with Crippen molar-refractivity contribution in [1.82, 2.24) is 15.2 Å². The first kappa shape index (κ1) is 22.1. The van der Waals surface area contributed by atoms with Gasteiger partial charge in [-0.1, -0.05) is 30.3 Å². The minimum atomic E-state index is -0.245. The topological polar surface area (TPSA) is 62.3 Å². The number of aromatic nitrogens is 1. The summed E-state index contributed by atoms with van der Waals surface area (Å²) in [5.74, 6) is 0.463. The number of rotatable bonds is 9. The van der Waals surface area contributed by atoms with Crippen LogP contribution in [0.25, 0.3) is 0 Å². The fourth-order valence-corrected chi connectivity index (χ4v) is 4.39. The van der Waals surface area contributed by atoms with Gasteiger partial charge in [-0.25, -0.2) is 4.98 Å². The lowest BCUT2D eigenvalue weighted by Crippen LogP contribution is -2.39. The summed E-state index contributed by atoms with van der Waals surface area (Å²) in [6.07, 6.45) is 0. The van der Waals surface area contributed by atoms with Crippen molar-refractivity contribution in [3.63, 3.8) is 0 Å². The van der Waals surface area contributed by atoms with E-state index in [0.717, 1.165) is 26.9 Å². The number of benzene rings is 2. The van der Waals surface area contributed by atoms with Gasteiger partial charge in [0, 0.05) is 34.7 Å². The molecular weight excluding hydrogens is 414 g/mol. The summed E-state index contributed by atoms with van der Waals surface area (Å²) in [5, 5.41) is 5.87. The summed E-state index contributed by atoms with van der Waals surface area (Å²) >= 11 is 3.33.